The number of ether oxygens (including phenoxy) is 1. The van der Waals surface area contributed by atoms with E-state index < -0.39 is 12.8 Å². The number of aryl methyl sites for hydroxylation is 1. The van der Waals surface area contributed by atoms with Crippen LogP contribution in [0.2, 0.25) is 0 Å². The minimum Gasteiger partial charge on any atom is -0.468 e. The molecule has 156 valence electrons. The molecule has 0 aromatic carbocycles. The van der Waals surface area contributed by atoms with Gasteiger partial charge < -0.3 is 19.9 Å². The molecular formula is C16H23F3IN7O. The van der Waals surface area contributed by atoms with Crippen molar-refractivity contribution in [2.45, 2.75) is 32.6 Å². The summed E-state index contributed by atoms with van der Waals surface area (Å²) in [7, 11) is 1.65. The molecule has 0 fully saturated rings. The smallest absolute Gasteiger partial charge is 0.422 e. The summed E-state index contributed by atoms with van der Waals surface area (Å²) in [6.07, 6.45) is -0.436. The molecule has 0 atom stereocenters. The molecule has 0 unspecified atom stereocenters. The lowest BCUT2D eigenvalue weighted by Crippen LogP contribution is -2.38. The highest BCUT2D eigenvalue weighted by Crippen LogP contribution is 2.16. The molecule has 0 amide bonds. The van der Waals surface area contributed by atoms with Crippen LogP contribution in [0.3, 0.4) is 0 Å². The van der Waals surface area contributed by atoms with Gasteiger partial charge in [0.2, 0.25) is 5.88 Å². The highest BCUT2D eigenvalue weighted by Gasteiger charge is 2.28. The zero-order valence-electron chi connectivity index (χ0n) is 15.5. The maximum absolute atomic E-state index is 12.1. The van der Waals surface area contributed by atoms with Gasteiger partial charge in [-0.25, -0.2) is 4.98 Å². The van der Waals surface area contributed by atoms with Gasteiger partial charge in [0.05, 0.1) is 0 Å². The van der Waals surface area contributed by atoms with Crippen molar-refractivity contribution in [3.05, 3.63) is 36.0 Å². The van der Waals surface area contributed by atoms with Crippen molar-refractivity contribution in [1.82, 2.24) is 30.4 Å². The second-order valence-electron chi connectivity index (χ2n) is 5.56. The molecule has 0 aliphatic carbocycles. The van der Waals surface area contributed by atoms with Crippen LogP contribution in [0, 0.1) is 0 Å². The minimum atomic E-state index is -4.38. The molecule has 0 aliphatic rings. The molecule has 2 heterocycles. The number of hydrogen-bond acceptors (Lipinski definition) is 5. The number of hydrogen-bond donors (Lipinski definition) is 2. The van der Waals surface area contributed by atoms with Crippen molar-refractivity contribution in [2.24, 2.45) is 4.99 Å². The van der Waals surface area contributed by atoms with Crippen LogP contribution in [0.15, 0.2) is 29.6 Å². The van der Waals surface area contributed by atoms with Gasteiger partial charge in [-0.15, -0.1) is 34.2 Å². The Morgan fingerprint density at radius 3 is 2.68 bits per heavy atom. The van der Waals surface area contributed by atoms with Crippen molar-refractivity contribution in [2.75, 3.05) is 20.2 Å². The molecule has 2 aromatic heterocycles. The Labute approximate surface area is 178 Å². The molecule has 0 aliphatic heterocycles. The summed E-state index contributed by atoms with van der Waals surface area (Å²) in [4.78, 5) is 7.98. The molecule has 2 N–H and O–H groups in total. The van der Waals surface area contributed by atoms with Crippen molar-refractivity contribution >= 4 is 29.9 Å². The summed E-state index contributed by atoms with van der Waals surface area (Å²) >= 11 is 0. The lowest BCUT2D eigenvalue weighted by Gasteiger charge is -2.13. The standard InChI is InChI=1S/C16H22F3N7O.HI/c1-3-13-25-24-11-26(13)7-6-21-15(20-2)23-9-12-4-5-14(22-8-12)27-10-16(17,18)19;/h4-5,8,11H,3,6-7,9-10H2,1-2H3,(H2,20,21,23);1H. The number of aromatic nitrogens is 4. The largest absolute Gasteiger partial charge is 0.468 e. The zero-order chi connectivity index (χ0) is 19.7. The van der Waals surface area contributed by atoms with Crippen LogP contribution in [0.5, 0.6) is 5.88 Å². The maximum atomic E-state index is 12.1. The second-order valence-corrected chi connectivity index (χ2v) is 5.56. The van der Waals surface area contributed by atoms with Gasteiger partial charge in [0.25, 0.3) is 0 Å². The molecule has 0 spiro atoms. The first kappa shape index (κ1) is 23.9. The van der Waals surface area contributed by atoms with Gasteiger partial charge in [-0.3, -0.25) is 4.99 Å². The van der Waals surface area contributed by atoms with E-state index in [1.807, 2.05) is 11.5 Å². The fraction of sp³-hybridized carbons (Fsp3) is 0.500. The molecule has 0 bridgehead atoms. The first-order valence-electron chi connectivity index (χ1n) is 8.37. The van der Waals surface area contributed by atoms with E-state index in [-0.39, 0.29) is 29.9 Å². The van der Waals surface area contributed by atoms with Gasteiger partial charge in [-0.1, -0.05) is 13.0 Å². The molecule has 28 heavy (non-hydrogen) atoms. The normalized spacial score (nSPS) is 11.7. The minimum absolute atomic E-state index is 0. The molecule has 0 saturated carbocycles. The Balaban J connectivity index is 0.00000392. The number of pyridine rings is 1. The summed E-state index contributed by atoms with van der Waals surface area (Å²) < 4.78 is 42.9. The van der Waals surface area contributed by atoms with Crippen molar-refractivity contribution in [1.29, 1.82) is 0 Å². The van der Waals surface area contributed by atoms with E-state index in [2.05, 4.69) is 35.5 Å². The van der Waals surface area contributed by atoms with Crippen LogP contribution in [0.4, 0.5) is 13.2 Å². The Kier molecular flexibility index (Phi) is 9.96. The van der Waals surface area contributed by atoms with Gasteiger partial charge in [-0.05, 0) is 5.56 Å². The first-order valence-corrected chi connectivity index (χ1v) is 8.37. The molecule has 8 nitrogen and oxygen atoms in total. The Bertz CT molecular complexity index is 735. The summed E-state index contributed by atoms with van der Waals surface area (Å²) in [6, 6.07) is 3.04. The van der Waals surface area contributed by atoms with E-state index in [0.29, 0.717) is 25.6 Å². The monoisotopic (exact) mass is 513 g/mol. The van der Waals surface area contributed by atoms with Crippen molar-refractivity contribution in [3.8, 4) is 5.88 Å². The summed E-state index contributed by atoms with van der Waals surface area (Å²) in [5, 5.41) is 14.2. The fourth-order valence-electron chi connectivity index (χ4n) is 2.20. The average molecular weight is 513 g/mol. The second kappa shape index (κ2) is 11.7. The van der Waals surface area contributed by atoms with Crippen LogP contribution in [0.1, 0.15) is 18.3 Å². The van der Waals surface area contributed by atoms with E-state index >= 15 is 0 Å². The third-order valence-corrected chi connectivity index (χ3v) is 3.52. The first-order chi connectivity index (χ1) is 12.9. The summed E-state index contributed by atoms with van der Waals surface area (Å²) in [5.74, 6) is 1.44. The number of halogens is 4. The summed E-state index contributed by atoms with van der Waals surface area (Å²) in [6.45, 7) is 2.40. The number of rotatable bonds is 8. The molecule has 2 aromatic rings. The van der Waals surface area contributed by atoms with E-state index in [4.69, 9.17) is 0 Å². The van der Waals surface area contributed by atoms with Crippen LogP contribution in [0.25, 0.3) is 0 Å². The van der Waals surface area contributed by atoms with Gasteiger partial charge in [-0.2, -0.15) is 13.2 Å². The Hall–Kier alpha value is -2.12. The van der Waals surface area contributed by atoms with E-state index in [1.165, 1.54) is 12.3 Å². The van der Waals surface area contributed by atoms with Crippen LogP contribution < -0.4 is 15.4 Å². The Morgan fingerprint density at radius 1 is 1.29 bits per heavy atom. The van der Waals surface area contributed by atoms with Crippen molar-refractivity contribution < 1.29 is 17.9 Å². The third-order valence-electron chi connectivity index (χ3n) is 3.52. The quantitative estimate of drug-likeness (QED) is 0.320. The Morgan fingerprint density at radius 2 is 2.07 bits per heavy atom. The lowest BCUT2D eigenvalue weighted by molar-refractivity contribution is -0.154. The number of nitrogens with one attached hydrogen (secondary N) is 2. The van der Waals surface area contributed by atoms with Gasteiger partial charge in [0.1, 0.15) is 12.2 Å². The van der Waals surface area contributed by atoms with Crippen LogP contribution in [-0.4, -0.2) is 52.1 Å². The fourth-order valence-corrected chi connectivity index (χ4v) is 2.20. The highest BCUT2D eigenvalue weighted by molar-refractivity contribution is 14.0. The SMILES string of the molecule is CCc1nncn1CCNC(=NC)NCc1ccc(OCC(F)(F)F)nc1.I. The van der Waals surface area contributed by atoms with E-state index in [1.54, 1.807) is 19.4 Å². The number of guanidine groups is 1. The molecular weight excluding hydrogens is 490 g/mol. The topological polar surface area (TPSA) is 89.2 Å². The number of nitrogens with zero attached hydrogens (tertiary/aromatic N) is 5. The van der Waals surface area contributed by atoms with Gasteiger partial charge in [0.15, 0.2) is 12.6 Å². The predicted molar refractivity (Wildman–Crippen MR) is 109 cm³/mol. The molecule has 2 rings (SSSR count). The molecule has 12 heteroatoms. The lowest BCUT2D eigenvalue weighted by atomic mass is 10.3. The average Bonchev–Trinajstić information content (AvgIpc) is 3.10. The van der Waals surface area contributed by atoms with Gasteiger partial charge >= 0.3 is 6.18 Å². The zero-order valence-corrected chi connectivity index (χ0v) is 17.9. The van der Waals surface area contributed by atoms with Crippen LogP contribution >= 0.6 is 24.0 Å². The third kappa shape index (κ3) is 8.27. The number of aliphatic imine (C=N–C) groups is 1. The van der Waals surface area contributed by atoms with Crippen LogP contribution in [-0.2, 0) is 19.5 Å². The predicted octanol–water partition coefficient (Wildman–Crippen LogP) is 2.16. The maximum Gasteiger partial charge on any atom is 0.422 e. The molecule has 0 saturated heterocycles. The highest BCUT2D eigenvalue weighted by atomic mass is 127. The number of alkyl halides is 3. The van der Waals surface area contributed by atoms with E-state index in [0.717, 1.165) is 17.8 Å². The van der Waals surface area contributed by atoms with Gasteiger partial charge in [0, 0.05) is 45.4 Å². The van der Waals surface area contributed by atoms with Crippen molar-refractivity contribution in [3.63, 3.8) is 0 Å². The molecule has 0 radical (unpaired) electrons. The van der Waals surface area contributed by atoms with E-state index in [9.17, 15) is 13.2 Å². The summed E-state index contributed by atoms with van der Waals surface area (Å²) in [5.41, 5.74) is 0.782.